The number of benzene rings is 2. The highest BCUT2D eigenvalue weighted by Crippen LogP contribution is 2.29. The predicted molar refractivity (Wildman–Crippen MR) is 87.3 cm³/mol. The Bertz CT molecular complexity index is 542. The summed E-state index contributed by atoms with van der Waals surface area (Å²) in [6, 6.07) is 17.1. The summed E-state index contributed by atoms with van der Waals surface area (Å²) in [6.45, 7) is 2.67. The summed E-state index contributed by atoms with van der Waals surface area (Å²) in [5.41, 5.74) is 2.59. The molecule has 106 valence electrons. The predicted octanol–water partition coefficient (Wildman–Crippen LogP) is 4.35. The van der Waals surface area contributed by atoms with Crippen molar-refractivity contribution in [2.45, 2.75) is 19.4 Å². The summed E-state index contributed by atoms with van der Waals surface area (Å²) in [6.07, 6.45) is 0.970. The first kappa shape index (κ1) is 15.1. The quantitative estimate of drug-likeness (QED) is 0.848. The van der Waals surface area contributed by atoms with Gasteiger partial charge in [-0.25, -0.2) is 0 Å². The molecule has 2 rings (SSSR count). The van der Waals surface area contributed by atoms with E-state index in [-0.39, 0.29) is 0 Å². The van der Waals surface area contributed by atoms with Crippen LogP contribution in [-0.2, 0) is 6.42 Å². The minimum absolute atomic E-state index is 0.296. The molecule has 0 aliphatic heterocycles. The zero-order valence-corrected chi connectivity index (χ0v) is 13.5. The van der Waals surface area contributed by atoms with E-state index in [1.165, 1.54) is 11.1 Å². The lowest BCUT2D eigenvalue weighted by Crippen LogP contribution is -2.18. The van der Waals surface area contributed by atoms with Crippen LogP contribution in [-0.4, -0.2) is 13.7 Å². The minimum atomic E-state index is 0.296. The van der Waals surface area contributed by atoms with E-state index in [4.69, 9.17) is 4.74 Å². The molecule has 0 heterocycles. The van der Waals surface area contributed by atoms with Crippen molar-refractivity contribution in [1.29, 1.82) is 0 Å². The molecular formula is C17H20BrNO. The molecule has 0 bridgehead atoms. The SMILES string of the molecule is CCOc1ccc(C(Cc2ccccc2)NC)cc1Br. The molecule has 0 aliphatic carbocycles. The van der Waals surface area contributed by atoms with Crippen molar-refractivity contribution in [1.82, 2.24) is 5.32 Å². The molecule has 0 spiro atoms. The maximum atomic E-state index is 5.56. The van der Waals surface area contributed by atoms with E-state index in [0.29, 0.717) is 12.6 Å². The average Bonchev–Trinajstić information content (AvgIpc) is 2.48. The van der Waals surface area contributed by atoms with Gasteiger partial charge in [-0.3, -0.25) is 0 Å². The van der Waals surface area contributed by atoms with Crippen molar-refractivity contribution in [2.24, 2.45) is 0 Å². The maximum Gasteiger partial charge on any atom is 0.133 e. The van der Waals surface area contributed by atoms with Crippen molar-refractivity contribution in [3.63, 3.8) is 0 Å². The number of nitrogens with one attached hydrogen (secondary N) is 1. The van der Waals surface area contributed by atoms with Crippen LogP contribution in [0.2, 0.25) is 0 Å². The molecular weight excluding hydrogens is 314 g/mol. The molecule has 0 amide bonds. The number of rotatable bonds is 6. The fourth-order valence-electron chi connectivity index (χ4n) is 2.24. The summed E-state index contributed by atoms with van der Waals surface area (Å²) in [4.78, 5) is 0. The van der Waals surface area contributed by atoms with Crippen LogP contribution in [0.5, 0.6) is 5.75 Å². The molecule has 1 unspecified atom stereocenters. The van der Waals surface area contributed by atoms with Crippen LogP contribution in [0.1, 0.15) is 24.1 Å². The third-order valence-electron chi connectivity index (χ3n) is 3.29. The van der Waals surface area contributed by atoms with Gasteiger partial charge in [-0.15, -0.1) is 0 Å². The van der Waals surface area contributed by atoms with Gasteiger partial charge >= 0.3 is 0 Å². The van der Waals surface area contributed by atoms with E-state index in [0.717, 1.165) is 16.6 Å². The first-order valence-corrected chi connectivity index (χ1v) is 7.67. The standard InChI is InChI=1S/C17H20BrNO/c1-3-20-17-10-9-14(12-15(17)18)16(19-2)11-13-7-5-4-6-8-13/h4-10,12,16,19H,3,11H2,1-2H3. The minimum Gasteiger partial charge on any atom is -0.493 e. The number of hydrogen-bond donors (Lipinski definition) is 1. The van der Waals surface area contributed by atoms with Gasteiger partial charge in [-0.1, -0.05) is 36.4 Å². The zero-order chi connectivity index (χ0) is 14.4. The highest BCUT2D eigenvalue weighted by molar-refractivity contribution is 9.10. The maximum absolute atomic E-state index is 5.56. The lowest BCUT2D eigenvalue weighted by molar-refractivity contribution is 0.338. The first-order chi connectivity index (χ1) is 9.74. The van der Waals surface area contributed by atoms with Crippen LogP contribution >= 0.6 is 15.9 Å². The summed E-state index contributed by atoms with van der Waals surface area (Å²) in [7, 11) is 2.00. The molecule has 0 aliphatic rings. The van der Waals surface area contributed by atoms with Gasteiger partial charge in [-0.2, -0.15) is 0 Å². The van der Waals surface area contributed by atoms with Crippen LogP contribution in [0.25, 0.3) is 0 Å². The first-order valence-electron chi connectivity index (χ1n) is 6.88. The van der Waals surface area contributed by atoms with Gasteiger partial charge in [0.25, 0.3) is 0 Å². The van der Waals surface area contributed by atoms with Crippen LogP contribution in [0.15, 0.2) is 53.0 Å². The van der Waals surface area contributed by atoms with Gasteiger partial charge in [0.2, 0.25) is 0 Å². The number of halogens is 1. The van der Waals surface area contributed by atoms with Crippen LogP contribution in [0, 0.1) is 0 Å². The second-order valence-corrected chi connectivity index (χ2v) is 5.51. The van der Waals surface area contributed by atoms with Gasteiger partial charge in [0.15, 0.2) is 0 Å². The molecule has 1 atom stereocenters. The lowest BCUT2D eigenvalue weighted by Gasteiger charge is -2.18. The lowest BCUT2D eigenvalue weighted by atomic mass is 9.99. The molecule has 2 aromatic carbocycles. The second kappa shape index (κ2) is 7.46. The number of likely N-dealkylation sites (N-methyl/N-ethyl adjacent to an activating group) is 1. The van der Waals surface area contributed by atoms with E-state index in [9.17, 15) is 0 Å². The van der Waals surface area contributed by atoms with E-state index < -0.39 is 0 Å². The smallest absolute Gasteiger partial charge is 0.133 e. The van der Waals surface area contributed by atoms with Crippen molar-refractivity contribution >= 4 is 15.9 Å². The van der Waals surface area contributed by atoms with Gasteiger partial charge in [-0.05, 0) is 59.6 Å². The second-order valence-electron chi connectivity index (χ2n) is 4.65. The Morgan fingerprint density at radius 3 is 2.50 bits per heavy atom. The third-order valence-corrected chi connectivity index (χ3v) is 3.91. The number of ether oxygens (including phenoxy) is 1. The Balaban J connectivity index is 2.17. The molecule has 0 aromatic heterocycles. The van der Waals surface area contributed by atoms with Gasteiger partial charge < -0.3 is 10.1 Å². The molecule has 1 N–H and O–H groups in total. The van der Waals surface area contributed by atoms with Gasteiger partial charge in [0, 0.05) is 6.04 Å². The molecule has 0 saturated carbocycles. The van der Waals surface area contributed by atoms with Gasteiger partial charge in [0.05, 0.1) is 11.1 Å². The topological polar surface area (TPSA) is 21.3 Å². The molecule has 0 radical (unpaired) electrons. The largest absolute Gasteiger partial charge is 0.493 e. The molecule has 3 heteroatoms. The molecule has 0 saturated heterocycles. The monoisotopic (exact) mass is 333 g/mol. The molecule has 2 aromatic rings. The Hall–Kier alpha value is -1.32. The molecule has 2 nitrogen and oxygen atoms in total. The molecule has 20 heavy (non-hydrogen) atoms. The van der Waals surface area contributed by atoms with E-state index in [1.54, 1.807) is 0 Å². The fourth-order valence-corrected chi connectivity index (χ4v) is 2.75. The van der Waals surface area contributed by atoms with Crippen LogP contribution < -0.4 is 10.1 Å². The van der Waals surface area contributed by atoms with Crippen molar-refractivity contribution in [2.75, 3.05) is 13.7 Å². The van der Waals surface area contributed by atoms with E-state index in [2.05, 4.69) is 57.6 Å². The molecule has 0 fully saturated rings. The van der Waals surface area contributed by atoms with E-state index >= 15 is 0 Å². The summed E-state index contributed by atoms with van der Waals surface area (Å²) >= 11 is 3.58. The highest BCUT2D eigenvalue weighted by atomic mass is 79.9. The van der Waals surface area contributed by atoms with Gasteiger partial charge in [0.1, 0.15) is 5.75 Å². The van der Waals surface area contributed by atoms with Crippen LogP contribution in [0.4, 0.5) is 0 Å². The number of hydrogen-bond acceptors (Lipinski definition) is 2. The Morgan fingerprint density at radius 2 is 1.90 bits per heavy atom. The summed E-state index contributed by atoms with van der Waals surface area (Å²) in [5, 5.41) is 3.38. The zero-order valence-electron chi connectivity index (χ0n) is 11.9. The van der Waals surface area contributed by atoms with Crippen LogP contribution in [0.3, 0.4) is 0 Å². The average molecular weight is 334 g/mol. The Kier molecular flexibility index (Phi) is 5.62. The fraction of sp³-hybridized carbons (Fsp3) is 0.294. The summed E-state index contributed by atoms with van der Waals surface area (Å²) < 4.78 is 6.56. The Morgan fingerprint density at radius 1 is 1.15 bits per heavy atom. The normalized spacial score (nSPS) is 12.2. The van der Waals surface area contributed by atoms with Crippen molar-refractivity contribution in [3.8, 4) is 5.75 Å². The third kappa shape index (κ3) is 3.84. The van der Waals surface area contributed by atoms with Crippen molar-refractivity contribution in [3.05, 3.63) is 64.1 Å². The van der Waals surface area contributed by atoms with E-state index in [1.807, 2.05) is 26.1 Å². The Labute approximate surface area is 129 Å². The highest BCUT2D eigenvalue weighted by Gasteiger charge is 2.12. The summed E-state index contributed by atoms with van der Waals surface area (Å²) in [5.74, 6) is 0.894. The van der Waals surface area contributed by atoms with Crippen molar-refractivity contribution < 1.29 is 4.74 Å².